The Morgan fingerprint density at radius 1 is 0.833 bits per heavy atom. The Hall–Kier alpha value is -4.25. The predicted molar refractivity (Wildman–Crippen MR) is 143 cm³/mol. The monoisotopic (exact) mass is 589 g/mol. The van der Waals surface area contributed by atoms with Gasteiger partial charge in [0.15, 0.2) is 17.5 Å². The average Bonchev–Trinajstić information content (AvgIpc) is 2.97. The third kappa shape index (κ3) is 6.62. The highest BCUT2D eigenvalue weighted by Crippen LogP contribution is 2.42. The quantitative estimate of drug-likeness (QED) is 0.0975. The van der Waals surface area contributed by atoms with Gasteiger partial charge in [-0.05, 0) is 91.9 Å². The van der Waals surface area contributed by atoms with Gasteiger partial charge in [0, 0.05) is 22.6 Å². The van der Waals surface area contributed by atoms with Crippen molar-refractivity contribution in [3.8, 4) is 34.1 Å². The van der Waals surface area contributed by atoms with Crippen LogP contribution in [0.5, 0.6) is 23.0 Å². The molecular formula is C31H25F6NO4. The Kier molecular flexibility index (Phi) is 8.58. The lowest BCUT2D eigenvalue weighted by molar-refractivity contribution is -0.189. The zero-order valence-corrected chi connectivity index (χ0v) is 22.1. The van der Waals surface area contributed by atoms with Crippen molar-refractivity contribution in [2.75, 3.05) is 13.2 Å². The lowest BCUT2D eigenvalue weighted by Crippen LogP contribution is -2.35. The molecule has 1 unspecified atom stereocenters. The highest BCUT2D eigenvalue weighted by molar-refractivity contribution is 5.96. The number of hydrogen-bond donors (Lipinski definition) is 1. The number of carbonyl (C=O) groups is 1. The van der Waals surface area contributed by atoms with Crippen molar-refractivity contribution in [3.63, 3.8) is 0 Å². The highest BCUT2D eigenvalue weighted by Gasteiger charge is 2.41. The second-order valence-corrected chi connectivity index (χ2v) is 9.79. The van der Waals surface area contributed by atoms with Gasteiger partial charge in [-0.2, -0.15) is 13.2 Å². The molecule has 1 N–H and O–H groups in total. The summed E-state index contributed by atoms with van der Waals surface area (Å²) in [5, 5.41) is 4.02. The van der Waals surface area contributed by atoms with Crippen LogP contribution in [-0.2, 0) is 4.79 Å². The number of hydrogen-bond acceptors (Lipinski definition) is 5. The van der Waals surface area contributed by atoms with Gasteiger partial charge in [0.2, 0.25) is 0 Å². The van der Waals surface area contributed by atoms with Gasteiger partial charge >= 0.3 is 12.1 Å². The molecule has 11 heteroatoms. The van der Waals surface area contributed by atoms with E-state index in [4.69, 9.17) is 9.47 Å². The smallest absolute Gasteiger partial charge is 0.491 e. The minimum atomic E-state index is -5.19. The lowest BCUT2D eigenvalue weighted by Gasteiger charge is -2.23. The molecule has 0 radical (unpaired) electrons. The van der Waals surface area contributed by atoms with Crippen molar-refractivity contribution < 1.29 is 45.3 Å². The summed E-state index contributed by atoms with van der Waals surface area (Å²) in [6.45, 7) is 1.52. The number of alkyl halides is 3. The van der Waals surface area contributed by atoms with E-state index in [1.807, 2.05) is 0 Å². The van der Waals surface area contributed by atoms with Crippen molar-refractivity contribution in [2.24, 2.45) is 0 Å². The largest absolute Gasteiger partial charge is 0.494 e. The van der Waals surface area contributed by atoms with Gasteiger partial charge in [-0.3, -0.25) is 0 Å². The first-order valence-corrected chi connectivity index (χ1v) is 13.2. The van der Waals surface area contributed by atoms with E-state index < -0.39 is 29.6 Å². The predicted octanol–water partition coefficient (Wildman–Crippen LogP) is 8.10. The van der Waals surface area contributed by atoms with Crippen molar-refractivity contribution in [2.45, 2.75) is 37.9 Å². The molecule has 220 valence electrons. The first kappa shape index (κ1) is 29.2. The average molecular weight is 590 g/mol. The van der Waals surface area contributed by atoms with Crippen LogP contribution in [0.15, 0.2) is 66.7 Å². The van der Waals surface area contributed by atoms with Crippen LogP contribution in [0.3, 0.4) is 0 Å². The standard InChI is InChI=1S/C31H25F6NO4/c32-26-13-12-24(27(33)28(26)34)25-10-4-18-17-22(42-30(39)31(35,36)37)9-11-23(18)29(25)41-21-7-5-20(6-8-21)40-16-14-19-3-1-2-15-38-19/h4-13,17,19,38H,1-3,14-16H2. The summed E-state index contributed by atoms with van der Waals surface area (Å²) in [5.74, 6) is -6.35. The molecule has 0 aromatic heterocycles. The van der Waals surface area contributed by atoms with Crippen molar-refractivity contribution >= 4 is 16.7 Å². The van der Waals surface area contributed by atoms with Crippen molar-refractivity contribution in [1.29, 1.82) is 0 Å². The van der Waals surface area contributed by atoms with Gasteiger partial charge in [-0.15, -0.1) is 0 Å². The van der Waals surface area contributed by atoms with Crippen LogP contribution in [0.2, 0.25) is 0 Å². The van der Waals surface area contributed by atoms with E-state index in [1.54, 1.807) is 24.3 Å². The fourth-order valence-electron chi connectivity index (χ4n) is 4.77. The van der Waals surface area contributed by atoms with Crippen LogP contribution >= 0.6 is 0 Å². The molecule has 4 aromatic rings. The fourth-order valence-corrected chi connectivity index (χ4v) is 4.77. The number of carbonyl (C=O) groups excluding carboxylic acids is 1. The SMILES string of the molecule is O=C(Oc1ccc2c(Oc3ccc(OCCC4CCCCN4)cc3)c(-c3ccc(F)c(F)c3F)ccc2c1)C(F)(F)F. The molecule has 0 aliphatic carbocycles. The van der Waals surface area contributed by atoms with Crippen LogP contribution in [0.4, 0.5) is 26.3 Å². The molecule has 0 saturated carbocycles. The minimum absolute atomic E-state index is 0.0168. The number of benzene rings is 4. The van der Waals surface area contributed by atoms with Gasteiger partial charge in [0.1, 0.15) is 23.0 Å². The maximum atomic E-state index is 14.8. The summed E-state index contributed by atoms with van der Waals surface area (Å²) < 4.78 is 97.0. The summed E-state index contributed by atoms with van der Waals surface area (Å²) in [6.07, 6.45) is -0.868. The van der Waals surface area contributed by atoms with E-state index in [0.717, 1.165) is 37.6 Å². The number of rotatable bonds is 8. The molecule has 0 amide bonds. The fraction of sp³-hybridized carbons (Fsp3) is 0.258. The highest BCUT2D eigenvalue weighted by atomic mass is 19.4. The van der Waals surface area contributed by atoms with E-state index in [2.05, 4.69) is 10.1 Å². The molecule has 1 heterocycles. The van der Waals surface area contributed by atoms with Crippen molar-refractivity contribution in [3.05, 3.63) is 84.2 Å². The Bertz CT molecular complexity index is 1580. The second-order valence-electron chi connectivity index (χ2n) is 9.79. The van der Waals surface area contributed by atoms with Crippen LogP contribution in [0.25, 0.3) is 21.9 Å². The first-order chi connectivity index (χ1) is 20.1. The van der Waals surface area contributed by atoms with E-state index in [1.165, 1.54) is 37.1 Å². The molecule has 1 aliphatic rings. The van der Waals surface area contributed by atoms with Crippen LogP contribution < -0.4 is 19.5 Å². The van der Waals surface area contributed by atoms with E-state index in [0.29, 0.717) is 24.1 Å². The summed E-state index contributed by atoms with van der Waals surface area (Å²) in [7, 11) is 0. The molecule has 1 fully saturated rings. The molecule has 42 heavy (non-hydrogen) atoms. The Morgan fingerprint density at radius 3 is 2.26 bits per heavy atom. The molecule has 0 spiro atoms. The first-order valence-electron chi connectivity index (χ1n) is 13.2. The minimum Gasteiger partial charge on any atom is -0.494 e. The normalized spacial score (nSPS) is 15.4. The molecular weight excluding hydrogens is 564 g/mol. The summed E-state index contributed by atoms with van der Waals surface area (Å²) in [5.41, 5.74) is -0.242. The molecule has 1 aliphatic heterocycles. The second kappa shape index (κ2) is 12.3. The topological polar surface area (TPSA) is 56.8 Å². The number of esters is 1. The zero-order valence-electron chi connectivity index (χ0n) is 22.1. The Balaban J connectivity index is 1.44. The van der Waals surface area contributed by atoms with Gasteiger partial charge < -0.3 is 19.5 Å². The maximum absolute atomic E-state index is 14.8. The van der Waals surface area contributed by atoms with Crippen molar-refractivity contribution in [1.82, 2.24) is 5.32 Å². The van der Waals surface area contributed by atoms with Crippen LogP contribution in [0, 0.1) is 17.5 Å². The number of halogens is 6. The summed E-state index contributed by atoms with van der Waals surface area (Å²) >= 11 is 0. The van der Waals surface area contributed by atoms with E-state index in [9.17, 15) is 31.1 Å². The molecule has 5 nitrogen and oxygen atoms in total. The van der Waals surface area contributed by atoms with Crippen LogP contribution in [0.1, 0.15) is 25.7 Å². The number of fused-ring (bicyclic) bond motifs is 1. The van der Waals surface area contributed by atoms with E-state index >= 15 is 0 Å². The Labute approximate surface area is 237 Å². The maximum Gasteiger partial charge on any atom is 0.491 e. The Morgan fingerprint density at radius 2 is 1.55 bits per heavy atom. The number of nitrogens with one attached hydrogen (secondary N) is 1. The number of piperidine rings is 1. The lowest BCUT2D eigenvalue weighted by atomic mass is 9.98. The third-order valence-electron chi connectivity index (χ3n) is 6.90. The molecule has 1 atom stereocenters. The molecule has 1 saturated heterocycles. The van der Waals surface area contributed by atoms with E-state index in [-0.39, 0.29) is 33.4 Å². The molecule has 0 bridgehead atoms. The van der Waals surface area contributed by atoms with Gasteiger partial charge in [-0.1, -0.05) is 12.5 Å². The van der Waals surface area contributed by atoms with Gasteiger partial charge in [-0.25, -0.2) is 18.0 Å². The van der Waals surface area contributed by atoms with Crippen LogP contribution in [-0.4, -0.2) is 31.3 Å². The summed E-state index contributed by atoms with van der Waals surface area (Å²) in [6, 6.07) is 15.2. The van der Waals surface area contributed by atoms with Gasteiger partial charge in [0.05, 0.1) is 6.61 Å². The number of ether oxygens (including phenoxy) is 3. The molecule has 5 rings (SSSR count). The molecule has 4 aromatic carbocycles. The third-order valence-corrected chi connectivity index (χ3v) is 6.90. The zero-order chi connectivity index (χ0) is 29.9. The summed E-state index contributed by atoms with van der Waals surface area (Å²) in [4.78, 5) is 11.3. The van der Waals surface area contributed by atoms with Gasteiger partial charge in [0.25, 0.3) is 0 Å².